The second kappa shape index (κ2) is 9.72. The Balaban J connectivity index is 1.49. The van der Waals surface area contributed by atoms with E-state index in [1.165, 1.54) is 23.1 Å². The van der Waals surface area contributed by atoms with Crippen LogP contribution in [0.15, 0.2) is 48.6 Å². The summed E-state index contributed by atoms with van der Waals surface area (Å²) in [5, 5.41) is 17.5. The molecule has 4 rings (SSSR count). The minimum Gasteiger partial charge on any atom is -0.392 e. The van der Waals surface area contributed by atoms with Gasteiger partial charge in [-0.2, -0.15) is 0 Å². The van der Waals surface area contributed by atoms with Crippen molar-refractivity contribution in [3.05, 3.63) is 69.6 Å². The molecular weight excluding hydrogens is 446 g/mol. The van der Waals surface area contributed by atoms with E-state index in [-0.39, 0.29) is 17.4 Å². The number of hydrogen-bond acceptors (Lipinski definition) is 8. The predicted molar refractivity (Wildman–Crippen MR) is 136 cm³/mol. The quantitative estimate of drug-likeness (QED) is 0.376. The number of benzene rings is 1. The summed E-state index contributed by atoms with van der Waals surface area (Å²) in [4.78, 5) is 26.8. The average Bonchev–Trinajstić information content (AvgIpc) is 3.46. The molecule has 0 saturated heterocycles. The van der Waals surface area contributed by atoms with E-state index in [0.717, 1.165) is 34.7 Å². The summed E-state index contributed by atoms with van der Waals surface area (Å²) < 4.78 is 0. The Bertz CT molecular complexity index is 1240. The van der Waals surface area contributed by atoms with Gasteiger partial charge in [0.25, 0.3) is 5.91 Å². The van der Waals surface area contributed by atoms with Gasteiger partial charge < -0.3 is 21.4 Å². The van der Waals surface area contributed by atoms with Gasteiger partial charge in [-0.15, -0.1) is 11.3 Å². The third-order valence-corrected chi connectivity index (χ3v) is 6.98. The topological polar surface area (TPSA) is 116 Å². The standard InChI is InChI=1S/C25H29N7OS/c1-25(2,3)23-29-14-21(34-23)22(33)31-20-8-6-15-11-16(5-7-18(15)20)19-9-10-28-24(32-19)30-17(12-26)13-27-4/h5,7,9-14,20,26-27H,6,8H2,1-4H3,(H,31,33)(H,28,30,32)/b17-13+,26-12?. The molecule has 1 aliphatic carbocycles. The number of anilines is 1. The molecule has 176 valence electrons. The molecule has 8 nitrogen and oxygen atoms in total. The first-order valence-corrected chi connectivity index (χ1v) is 12.0. The highest BCUT2D eigenvalue weighted by atomic mass is 32.1. The van der Waals surface area contributed by atoms with Gasteiger partial charge in [-0.3, -0.25) is 4.79 Å². The molecule has 0 spiro atoms. The van der Waals surface area contributed by atoms with Crippen LogP contribution < -0.4 is 16.0 Å². The molecule has 0 saturated carbocycles. The maximum absolute atomic E-state index is 12.8. The minimum absolute atomic E-state index is 0.0128. The zero-order chi connectivity index (χ0) is 24.3. The lowest BCUT2D eigenvalue weighted by molar-refractivity contribution is 0.0940. The Morgan fingerprint density at radius 1 is 1.24 bits per heavy atom. The Morgan fingerprint density at radius 2 is 2.06 bits per heavy atom. The predicted octanol–water partition coefficient (Wildman–Crippen LogP) is 4.44. The molecule has 0 fully saturated rings. The highest BCUT2D eigenvalue weighted by Gasteiger charge is 2.26. The number of fused-ring (bicyclic) bond motifs is 1. The summed E-state index contributed by atoms with van der Waals surface area (Å²) in [5.41, 5.74) is 4.63. The molecular formula is C25H29N7OS. The number of aromatic nitrogens is 3. The smallest absolute Gasteiger partial charge is 0.263 e. The maximum atomic E-state index is 12.8. The molecule has 0 bridgehead atoms. The van der Waals surface area contributed by atoms with Crippen molar-refractivity contribution in [2.45, 2.75) is 45.1 Å². The molecule has 9 heteroatoms. The molecule has 1 amide bonds. The first-order chi connectivity index (χ1) is 16.3. The van der Waals surface area contributed by atoms with E-state index in [2.05, 4.69) is 63.8 Å². The molecule has 1 aromatic carbocycles. The summed E-state index contributed by atoms with van der Waals surface area (Å²) in [6.45, 7) is 6.29. The van der Waals surface area contributed by atoms with E-state index < -0.39 is 0 Å². The molecule has 34 heavy (non-hydrogen) atoms. The van der Waals surface area contributed by atoms with Crippen molar-refractivity contribution in [2.24, 2.45) is 0 Å². The molecule has 3 aromatic rings. The number of rotatable bonds is 7. The fourth-order valence-electron chi connectivity index (χ4n) is 3.86. The number of thiazole rings is 1. The molecule has 2 heterocycles. The van der Waals surface area contributed by atoms with Gasteiger partial charge in [0.1, 0.15) is 4.88 Å². The number of amides is 1. The van der Waals surface area contributed by atoms with Crippen LogP contribution in [0, 0.1) is 5.41 Å². The van der Waals surface area contributed by atoms with E-state index in [9.17, 15) is 4.79 Å². The van der Waals surface area contributed by atoms with Crippen LogP contribution in [0.25, 0.3) is 11.3 Å². The Labute approximate surface area is 203 Å². The minimum atomic E-state index is -0.0712. The Hall–Kier alpha value is -3.59. The van der Waals surface area contributed by atoms with Crippen molar-refractivity contribution in [1.82, 2.24) is 25.6 Å². The lowest BCUT2D eigenvalue weighted by atomic mass is 9.98. The molecule has 0 aliphatic heterocycles. The molecule has 1 unspecified atom stereocenters. The second-order valence-electron chi connectivity index (χ2n) is 9.18. The molecule has 2 aromatic heterocycles. The average molecular weight is 476 g/mol. The fraction of sp³-hybridized carbons (Fsp3) is 0.320. The van der Waals surface area contributed by atoms with Gasteiger partial charge in [0.2, 0.25) is 5.95 Å². The summed E-state index contributed by atoms with van der Waals surface area (Å²) in [7, 11) is 1.77. The van der Waals surface area contributed by atoms with E-state index in [1.807, 2.05) is 12.1 Å². The fourth-order valence-corrected chi connectivity index (χ4v) is 4.74. The van der Waals surface area contributed by atoms with E-state index in [0.29, 0.717) is 16.5 Å². The number of carbonyl (C=O) groups excluding carboxylic acids is 1. The zero-order valence-corrected chi connectivity index (χ0v) is 20.6. The van der Waals surface area contributed by atoms with E-state index in [1.54, 1.807) is 25.6 Å². The number of nitrogens with zero attached hydrogens (tertiary/aromatic N) is 3. The van der Waals surface area contributed by atoms with Crippen molar-refractivity contribution < 1.29 is 4.79 Å². The van der Waals surface area contributed by atoms with Gasteiger partial charge in [0.05, 0.1) is 28.6 Å². The van der Waals surface area contributed by atoms with Gasteiger partial charge in [-0.25, -0.2) is 15.0 Å². The lowest BCUT2D eigenvalue weighted by Gasteiger charge is -2.15. The zero-order valence-electron chi connectivity index (χ0n) is 19.8. The monoisotopic (exact) mass is 475 g/mol. The normalized spacial score (nSPS) is 15.5. The Morgan fingerprint density at radius 3 is 2.76 bits per heavy atom. The highest BCUT2D eigenvalue weighted by Crippen LogP contribution is 2.35. The van der Waals surface area contributed by atoms with Crippen LogP contribution in [0.4, 0.5) is 5.95 Å². The molecule has 1 aliphatic rings. The van der Waals surface area contributed by atoms with Crippen molar-refractivity contribution >= 4 is 29.4 Å². The van der Waals surface area contributed by atoms with Crippen LogP contribution in [0.5, 0.6) is 0 Å². The van der Waals surface area contributed by atoms with E-state index in [4.69, 9.17) is 5.41 Å². The van der Waals surface area contributed by atoms with Crippen LogP contribution in [-0.4, -0.2) is 34.1 Å². The summed E-state index contributed by atoms with van der Waals surface area (Å²) in [6, 6.07) is 8.10. The van der Waals surface area contributed by atoms with Crippen LogP contribution in [0.1, 0.15) is 59.0 Å². The summed E-state index contributed by atoms with van der Waals surface area (Å²) in [5.74, 6) is 0.352. The third-order valence-electron chi connectivity index (χ3n) is 5.56. The molecule has 4 N–H and O–H groups in total. The highest BCUT2D eigenvalue weighted by molar-refractivity contribution is 7.13. The summed E-state index contributed by atoms with van der Waals surface area (Å²) >= 11 is 1.46. The van der Waals surface area contributed by atoms with Gasteiger partial charge in [0.15, 0.2) is 0 Å². The van der Waals surface area contributed by atoms with Crippen molar-refractivity contribution in [2.75, 3.05) is 12.4 Å². The van der Waals surface area contributed by atoms with Crippen molar-refractivity contribution in [3.63, 3.8) is 0 Å². The molecule has 0 radical (unpaired) electrons. The Kier molecular flexibility index (Phi) is 6.74. The SMILES string of the molecule is CN/C=C(\C=N)Nc1nccc(-c2ccc3c(c2)CCC3NC(=O)c2cnc(C(C)(C)C)s2)n1. The lowest BCUT2D eigenvalue weighted by Crippen LogP contribution is -2.26. The van der Waals surface area contributed by atoms with Gasteiger partial charge >= 0.3 is 0 Å². The number of aryl methyl sites for hydroxylation is 1. The van der Waals surface area contributed by atoms with Crippen LogP contribution in [0.2, 0.25) is 0 Å². The van der Waals surface area contributed by atoms with Crippen LogP contribution >= 0.6 is 11.3 Å². The first-order valence-electron chi connectivity index (χ1n) is 11.2. The van der Waals surface area contributed by atoms with Gasteiger partial charge in [0, 0.05) is 36.6 Å². The van der Waals surface area contributed by atoms with Crippen LogP contribution in [0.3, 0.4) is 0 Å². The second-order valence-corrected chi connectivity index (χ2v) is 10.2. The third kappa shape index (κ3) is 5.14. The van der Waals surface area contributed by atoms with Crippen molar-refractivity contribution in [1.29, 1.82) is 5.41 Å². The van der Waals surface area contributed by atoms with Gasteiger partial charge in [-0.1, -0.05) is 32.9 Å². The van der Waals surface area contributed by atoms with Crippen molar-refractivity contribution in [3.8, 4) is 11.3 Å². The number of hydrogen-bond donors (Lipinski definition) is 4. The van der Waals surface area contributed by atoms with Gasteiger partial charge in [-0.05, 0) is 36.1 Å². The maximum Gasteiger partial charge on any atom is 0.263 e. The largest absolute Gasteiger partial charge is 0.392 e. The summed E-state index contributed by atoms with van der Waals surface area (Å²) in [6.07, 6.45) is 8.00. The number of nitrogens with one attached hydrogen (secondary N) is 4. The number of allylic oxidation sites excluding steroid dienone is 1. The van der Waals surface area contributed by atoms with Crippen LogP contribution in [-0.2, 0) is 11.8 Å². The molecule has 1 atom stereocenters. The van der Waals surface area contributed by atoms with E-state index >= 15 is 0 Å². The first kappa shape index (κ1) is 23.6. The number of carbonyl (C=O) groups is 1.